The smallest absolute Gasteiger partial charge is 0.329 e. The van der Waals surface area contributed by atoms with E-state index in [1.807, 2.05) is 0 Å². The molecule has 2 aromatic rings. The van der Waals surface area contributed by atoms with Crippen LogP contribution in [0.2, 0.25) is 0 Å². The molecule has 144 valence electrons. The average molecular weight is 390 g/mol. The quantitative estimate of drug-likeness (QED) is 0.639. The largest absolute Gasteiger partial charge is 0.356 e. The van der Waals surface area contributed by atoms with Gasteiger partial charge in [-0.3, -0.25) is 4.79 Å². The number of amides is 1. The van der Waals surface area contributed by atoms with E-state index in [2.05, 4.69) is 20.7 Å². The summed E-state index contributed by atoms with van der Waals surface area (Å²) in [5.41, 5.74) is -0.839. The number of carbonyl (C=O) groups excluding carboxylic acids is 1. The third-order valence-electron chi connectivity index (χ3n) is 4.24. The van der Waals surface area contributed by atoms with Crippen LogP contribution in [-0.2, 0) is 4.79 Å². The van der Waals surface area contributed by atoms with Crippen LogP contribution >= 0.6 is 0 Å². The van der Waals surface area contributed by atoms with E-state index < -0.39 is 43.1 Å². The molecule has 1 amide bonds. The maximum atomic E-state index is 14.0. The number of halogens is 5. The van der Waals surface area contributed by atoms with Gasteiger partial charge in [0.2, 0.25) is 12.3 Å². The summed E-state index contributed by atoms with van der Waals surface area (Å²) in [5.74, 6) is -10.3. The van der Waals surface area contributed by atoms with Crippen molar-refractivity contribution in [2.45, 2.75) is 18.2 Å². The number of nitrogens with one attached hydrogen (secondary N) is 2. The Morgan fingerprint density at radius 2 is 1.89 bits per heavy atom. The van der Waals surface area contributed by atoms with Gasteiger partial charge in [-0.2, -0.15) is 31.6 Å². The molecule has 8 nitrogen and oxygen atoms in total. The molecule has 4 rings (SSSR count). The van der Waals surface area contributed by atoms with E-state index in [1.165, 1.54) is 0 Å². The second-order valence-electron chi connectivity index (χ2n) is 6.10. The SMILES string of the molecule is O=C1NC(O)NC=C1c1cc(N2CC(F)(F)C(F)(F)C2)c2ncc(F)n2n1. The number of fused-ring (bicyclic) bond motifs is 1. The highest BCUT2D eigenvalue weighted by Crippen LogP contribution is 2.43. The molecule has 1 fully saturated rings. The molecule has 27 heavy (non-hydrogen) atoms. The summed E-state index contributed by atoms with van der Waals surface area (Å²) in [6.07, 6.45) is 0.480. The van der Waals surface area contributed by atoms with Crippen LogP contribution in [-0.4, -0.2) is 56.9 Å². The van der Waals surface area contributed by atoms with Crippen LogP contribution in [0.15, 0.2) is 18.5 Å². The molecule has 0 saturated carbocycles. The number of carbonyl (C=O) groups is 1. The highest BCUT2D eigenvalue weighted by Gasteiger charge is 2.63. The highest BCUT2D eigenvalue weighted by molar-refractivity contribution is 6.19. The second kappa shape index (κ2) is 5.52. The van der Waals surface area contributed by atoms with Crippen LogP contribution < -0.4 is 15.5 Å². The highest BCUT2D eigenvalue weighted by atomic mass is 19.3. The molecule has 13 heteroatoms. The standard InChI is InChI=1S/C14H11F5N6O2/c15-9-3-20-10-8(24-4-13(16,17)14(18,19)5-24)1-7(23-25(9)10)6-2-21-12(27)22-11(6)26/h1-3,12,21,27H,4-5H2,(H,22,26). The van der Waals surface area contributed by atoms with Gasteiger partial charge >= 0.3 is 11.8 Å². The Kier molecular flexibility index (Phi) is 3.57. The Morgan fingerprint density at radius 3 is 2.52 bits per heavy atom. The van der Waals surface area contributed by atoms with Crippen molar-refractivity contribution >= 4 is 22.8 Å². The lowest BCUT2D eigenvalue weighted by molar-refractivity contribution is -0.172. The van der Waals surface area contributed by atoms with Crippen molar-refractivity contribution in [3.8, 4) is 0 Å². The Balaban J connectivity index is 1.85. The molecule has 3 N–H and O–H groups in total. The van der Waals surface area contributed by atoms with Crippen LogP contribution in [0, 0.1) is 5.95 Å². The molecule has 0 radical (unpaired) electrons. The number of nitrogens with zero attached hydrogens (tertiary/aromatic N) is 4. The summed E-state index contributed by atoms with van der Waals surface area (Å²) in [5, 5.41) is 17.7. The van der Waals surface area contributed by atoms with Gasteiger partial charge in [-0.15, -0.1) is 0 Å². The zero-order valence-electron chi connectivity index (χ0n) is 13.3. The van der Waals surface area contributed by atoms with E-state index in [9.17, 15) is 31.9 Å². The summed E-state index contributed by atoms with van der Waals surface area (Å²) < 4.78 is 69.0. The van der Waals surface area contributed by atoms with E-state index in [0.717, 1.165) is 18.5 Å². The lowest BCUT2D eigenvalue weighted by Gasteiger charge is -2.22. The van der Waals surface area contributed by atoms with Crippen LogP contribution in [0.4, 0.5) is 27.6 Å². The first-order chi connectivity index (χ1) is 12.6. The number of aliphatic hydroxyl groups is 1. The fourth-order valence-corrected chi connectivity index (χ4v) is 2.89. The number of anilines is 1. The van der Waals surface area contributed by atoms with E-state index in [1.54, 1.807) is 0 Å². The zero-order valence-corrected chi connectivity index (χ0v) is 13.3. The van der Waals surface area contributed by atoms with Gasteiger partial charge in [0.25, 0.3) is 5.91 Å². The van der Waals surface area contributed by atoms with Crippen molar-refractivity contribution in [3.05, 3.63) is 30.1 Å². The van der Waals surface area contributed by atoms with Gasteiger partial charge in [0.15, 0.2) is 5.65 Å². The number of aliphatic hydroxyl groups excluding tert-OH is 1. The molecule has 1 atom stereocenters. The second-order valence-corrected chi connectivity index (χ2v) is 6.10. The van der Waals surface area contributed by atoms with Gasteiger partial charge in [-0.1, -0.05) is 0 Å². The number of rotatable bonds is 2. The Morgan fingerprint density at radius 1 is 1.22 bits per heavy atom. The summed E-state index contributed by atoms with van der Waals surface area (Å²) in [7, 11) is 0. The zero-order chi connectivity index (χ0) is 19.6. The number of hydrogen-bond donors (Lipinski definition) is 3. The maximum absolute atomic E-state index is 14.0. The molecule has 2 aromatic heterocycles. The minimum absolute atomic E-state index is 0.158. The normalized spacial score (nSPS) is 23.9. The third kappa shape index (κ3) is 2.65. The predicted molar refractivity (Wildman–Crippen MR) is 80.3 cm³/mol. The predicted octanol–water partition coefficient (Wildman–Crippen LogP) is 0.295. The van der Waals surface area contributed by atoms with Crippen molar-refractivity contribution in [1.82, 2.24) is 25.2 Å². The molecular weight excluding hydrogens is 379 g/mol. The van der Waals surface area contributed by atoms with Crippen molar-refractivity contribution in [1.29, 1.82) is 0 Å². The molecule has 2 aliphatic rings. The summed E-state index contributed by atoms with van der Waals surface area (Å²) in [4.78, 5) is 16.4. The monoisotopic (exact) mass is 390 g/mol. The number of imidazole rings is 1. The lowest BCUT2D eigenvalue weighted by Crippen LogP contribution is -2.47. The fourth-order valence-electron chi connectivity index (χ4n) is 2.89. The Bertz CT molecular complexity index is 958. The molecule has 4 heterocycles. The molecule has 0 aliphatic carbocycles. The van der Waals surface area contributed by atoms with E-state index in [0.29, 0.717) is 9.42 Å². The van der Waals surface area contributed by atoms with Crippen molar-refractivity contribution in [3.63, 3.8) is 0 Å². The van der Waals surface area contributed by atoms with Gasteiger partial charge in [0, 0.05) is 6.20 Å². The Labute approximate surface area is 147 Å². The summed E-state index contributed by atoms with van der Waals surface area (Å²) in [6.45, 7) is -2.62. The maximum Gasteiger partial charge on any atom is 0.329 e. The Hall–Kier alpha value is -2.96. The first kappa shape index (κ1) is 17.5. The number of aromatic nitrogens is 3. The van der Waals surface area contributed by atoms with Crippen LogP contribution in [0.5, 0.6) is 0 Å². The molecule has 0 bridgehead atoms. The van der Waals surface area contributed by atoms with Gasteiger partial charge in [-0.05, 0) is 6.07 Å². The summed E-state index contributed by atoms with van der Waals surface area (Å²) >= 11 is 0. The molecule has 2 aliphatic heterocycles. The lowest BCUT2D eigenvalue weighted by atomic mass is 10.1. The molecule has 0 aromatic carbocycles. The molecular formula is C14H11F5N6O2. The topological polar surface area (TPSA) is 94.8 Å². The molecule has 1 saturated heterocycles. The van der Waals surface area contributed by atoms with Crippen LogP contribution in [0.25, 0.3) is 11.2 Å². The van der Waals surface area contributed by atoms with Crippen molar-refractivity contribution in [2.24, 2.45) is 0 Å². The van der Waals surface area contributed by atoms with Crippen LogP contribution in [0.1, 0.15) is 5.69 Å². The van der Waals surface area contributed by atoms with E-state index in [-0.39, 0.29) is 22.6 Å². The van der Waals surface area contributed by atoms with Crippen molar-refractivity contribution in [2.75, 3.05) is 18.0 Å². The van der Waals surface area contributed by atoms with Gasteiger partial charge in [0.05, 0.1) is 30.5 Å². The van der Waals surface area contributed by atoms with E-state index >= 15 is 0 Å². The minimum atomic E-state index is -4.29. The average Bonchev–Trinajstić information content (AvgIpc) is 3.04. The minimum Gasteiger partial charge on any atom is -0.356 e. The number of alkyl halides is 4. The first-order valence-electron chi connectivity index (χ1n) is 7.59. The summed E-state index contributed by atoms with van der Waals surface area (Å²) in [6, 6.07) is 1.09. The van der Waals surface area contributed by atoms with Gasteiger partial charge < -0.3 is 20.6 Å². The fraction of sp³-hybridized carbons (Fsp3) is 0.357. The van der Waals surface area contributed by atoms with Crippen LogP contribution in [0.3, 0.4) is 0 Å². The van der Waals surface area contributed by atoms with E-state index in [4.69, 9.17) is 0 Å². The van der Waals surface area contributed by atoms with Crippen molar-refractivity contribution < 1.29 is 31.9 Å². The first-order valence-corrected chi connectivity index (χ1v) is 7.59. The third-order valence-corrected chi connectivity index (χ3v) is 4.24. The van der Waals surface area contributed by atoms with Gasteiger partial charge in [0.1, 0.15) is 5.69 Å². The number of hydrogen-bond acceptors (Lipinski definition) is 6. The molecule has 0 spiro atoms. The van der Waals surface area contributed by atoms with Gasteiger partial charge in [-0.25, -0.2) is 4.98 Å². The molecule has 1 unspecified atom stereocenters.